The molecule has 0 atom stereocenters. The van der Waals surface area contributed by atoms with Crippen molar-refractivity contribution in [1.29, 1.82) is 0 Å². The molecule has 0 fully saturated rings. The van der Waals surface area contributed by atoms with E-state index in [0.29, 0.717) is 0 Å². The van der Waals surface area contributed by atoms with E-state index in [1.807, 2.05) is 0 Å². The molecule has 0 aliphatic rings. The summed E-state index contributed by atoms with van der Waals surface area (Å²) in [6, 6.07) is 3.83. The highest BCUT2D eigenvalue weighted by molar-refractivity contribution is 7.88. The van der Waals surface area contributed by atoms with Crippen LogP contribution in [0.3, 0.4) is 0 Å². The molecule has 0 aliphatic heterocycles. The van der Waals surface area contributed by atoms with Crippen molar-refractivity contribution in [3.63, 3.8) is 0 Å². The summed E-state index contributed by atoms with van der Waals surface area (Å²) in [6.45, 7) is -13.6. The first kappa shape index (κ1) is 5.44. The molecule has 110 valence electrons. The molecule has 0 saturated carbocycles. The Morgan fingerprint density at radius 2 is 2.30 bits per heavy atom. The molecular formula is C14H21N3O2S. The van der Waals surface area contributed by atoms with Gasteiger partial charge in [0.2, 0.25) is 10.0 Å². The van der Waals surface area contributed by atoms with Crippen LogP contribution in [-0.2, 0) is 22.1 Å². The van der Waals surface area contributed by atoms with Crippen LogP contribution in [0.15, 0.2) is 24.4 Å². The average molecular weight is 308 g/mol. The topological polar surface area (TPSA) is 65.2 Å². The highest BCUT2D eigenvalue weighted by Crippen LogP contribution is 2.21. The molecule has 6 heteroatoms. The second-order valence-electron chi connectivity index (χ2n) is 4.02. The first-order valence-electron chi connectivity index (χ1n) is 11.9. The van der Waals surface area contributed by atoms with E-state index in [4.69, 9.17) is 17.8 Å². The summed E-state index contributed by atoms with van der Waals surface area (Å²) in [5.74, 6) is -0.793. The third-order valence-electron chi connectivity index (χ3n) is 2.56. The highest BCUT2D eigenvalue weighted by atomic mass is 32.2. The molecule has 20 heavy (non-hydrogen) atoms. The summed E-state index contributed by atoms with van der Waals surface area (Å²) >= 11 is 0. The summed E-state index contributed by atoms with van der Waals surface area (Å²) in [5, 5.41) is -0.0403. The normalized spacial score (nSPS) is 25.4. The molecule has 0 bridgehead atoms. The van der Waals surface area contributed by atoms with Crippen LogP contribution in [0.5, 0.6) is 0 Å². The number of likely N-dealkylation sites (N-methyl/N-ethyl adjacent to an activating group) is 1. The molecule has 2 rings (SSSR count). The Kier molecular flexibility index (Phi) is 1.62. The van der Waals surface area contributed by atoms with Gasteiger partial charge in [0.05, 0.1) is 5.75 Å². The molecule has 1 aromatic heterocycles. The Morgan fingerprint density at radius 1 is 1.45 bits per heavy atom. The van der Waals surface area contributed by atoms with Gasteiger partial charge in [-0.05, 0) is 50.6 Å². The van der Waals surface area contributed by atoms with E-state index >= 15 is 0 Å². The summed E-state index contributed by atoms with van der Waals surface area (Å²) < 4.78 is 124. The zero-order chi connectivity index (χ0) is 25.8. The van der Waals surface area contributed by atoms with Crippen molar-refractivity contribution in [2.45, 2.75) is 12.1 Å². The van der Waals surface area contributed by atoms with E-state index in [0.717, 1.165) is 6.20 Å². The van der Waals surface area contributed by atoms with Crippen LogP contribution in [0, 0.1) is 0 Å². The number of H-pyrrole nitrogens is 1. The van der Waals surface area contributed by atoms with Gasteiger partial charge in [0.1, 0.15) is 0 Å². The number of hydrogen-bond acceptors (Lipinski definition) is 3. The maximum atomic E-state index is 12.1. The van der Waals surface area contributed by atoms with Crippen LogP contribution in [0.4, 0.5) is 0 Å². The van der Waals surface area contributed by atoms with Crippen LogP contribution in [-0.4, -0.2) is 45.7 Å². The third-order valence-corrected chi connectivity index (χ3v) is 3.59. The van der Waals surface area contributed by atoms with E-state index in [-0.39, 0.29) is 16.5 Å². The second-order valence-corrected chi connectivity index (χ2v) is 5.74. The van der Waals surface area contributed by atoms with Gasteiger partial charge in [0, 0.05) is 41.4 Å². The van der Waals surface area contributed by atoms with Crippen molar-refractivity contribution in [2.75, 3.05) is 27.4 Å². The molecule has 1 heterocycles. The number of aryl methyl sites for hydroxylation is 1. The van der Waals surface area contributed by atoms with E-state index in [1.54, 1.807) is 0 Å². The molecule has 2 N–H and O–H groups in total. The van der Waals surface area contributed by atoms with E-state index in [1.165, 1.54) is 22.9 Å². The Morgan fingerprint density at radius 3 is 3.05 bits per heavy atom. The first-order chi connectivity index (χ1) is 14.5. The zero-order valence-corrected chi connectivity index (χ0v) is 11.0. The summed E-state index contributed by atoms with van der Waals surface area (Å²) in [4.78, 5) is 2.15. The van der Waals surface area contributed by atoms with Gasteiger partial charge in [0.25, 0.3) is 0 Å². The Bertz CT molecular complexity index is 1100. The van der Waals surface area contributed by atoms with Crippen LogP contribution in [0.2, 0.25) is 0 Å². The molecule has 0 unspecified atom stereocenters. The number of aromatic nitrogens is 1. The van der Waals surface area contributed by atoms with E-state index in [2.05, 4.69) is 4.98 Å². The number of nitrogens with one attached hydrogen (secondary N) is 2. The minimum absolute atomic E-state index is 0.0277. The predicted molar refractivity (Wildman–Crippen MR) is 82.2 cm³/mol. The molecule has 0 saturated heterocycles. The minimum atomic E-state index is -4.32. The molecule has 0 aliphatic carbocycles. The van der Waals surface area contributed by atoms with Gasteiger partial charge in [0.15, 0.2) is 0 Å². The first-order valence-corrected chi connectivity index (χ1v) is 7.07. The largest absolute Gasteiger partial charge is 0.361 e. The Balaban J connectivity index is 2.59. The smallest absolute Gasteiger partial charge is 0.215 e. The predicted octanol–water partition coefficient (Wildman–Crippen LogP) is 1.32. The number of rotatable bonds is 6. The average Bonchev–Trinajstić information content (AvgIpc) is 2.91. The third kappa shape index (κ3) is 3.59. The quantitative estimate of drug-likeness (QED) is 0.846. The standard InChI is InChI=1S/C14H21N3O2S/c1-15-20(18,19)10-11-4-5-14-13(8-11)12(9-16-14)6-7-17(2)3/h4-5,8-9,15-16H,6-7,10H2,1-3H3/i1D3,2D3,3D3,6D2,7D2. The fraction of sp³-hybridized carbons (Fsp3) is 0.429. The molecule has 2 aromatic rings. The summed E-state index contributed by atoms with van der Waals surface area (Å²) in [7, 11) is -4.32. The number of nitrogens with zero attached hydrogens (tertiary/aromatic N) is 1. The van der Waals surface area contributed by atoms with Crippen molar-refractivity contribution in [2.24, 2.45) is 0 Å². The zero-order valence-electron chi connectivity index (χ0n) is 23.2. The van der Waals surface area contributed by atoms with Gasteiger partial charge in [-0.1, -0.05) is 6.07 Å². The van der Waals surface area contributed by atoms with Gasteiger partial charge in [-0.2, -0.15) is 0 Å². The second kappa shape index (κ2) is 5.95. The highest BCUT2D eigenvalue weighted by Gasteiger charge is 2.11. The summed E-state index contributed by atoms with van der Waals surface area (Å²) in [6.07, 6.45) is -2.18. The number of sulfonamides is 1. The molecule has 0 radical (unpaired) electrons. The fourth-order valence-corrected chi connectivity index (χ4v) is 2.42. The lowest BCUT2D eigenvalue weighted by atomic mass is 10.1. The number of aromatic amines is 1. The van der Waals surface area contributed by atoms with Gasteiger partial charge in [-0.15, -0.1) is 0 Å². The van der Waals surface area contributed by atoms with Crippen LogP contribution in [0.1, 0.15) is 28.9 Å². The molecule has 0 amide bonds. The fourth-order valence-electron chi connectivity index (χ4n) is 1.73. The van der Waals surface area contributed by atoms with E-state index in [9.17, 15) is 8.42 Å². The van der Waals surface area contributed by atoms with Crippen LogP contribution >= 0.6 is 0 Å². The lowest BCUT2D eigenvalue weighted by Crippen LogP contribution is -2.20. The molecule has 0 spiro atoms. The number of benzene rings is 1. The number of fused-ring (bicyclic) bond motifs is 1. The molecule has 5 nitrogen and oxygen atoms in total. The van der Waals surface area contributed by atoms with Gasteiger partial charge >= 0.3 is 0 Å². The van der Waals surface area contributed by atoms with E-state index < -0.39 is 60.0 Å². The molecule has 1 aromatic carbocycles. The number of hydrogen-bond donors (Lipinski definition) is 2. The van der Waals surface area contributed by atoms with Crippen molar-refractivity contribution in [3.8, 4) is 0 Å². The lowest BCUT2D eigenvalue weighted by molar-refractivity contribution is 0.414. The SMILES string of the molecule is [2H]C([2H])([2H])NS(=O)(=O)Cc1ccc2[nH]cc(C([2H])([2H])C([2H])([2H])N(C([2H])([2H])[2H])C([2H])([2H])[2H])c2c1. The maximum absolute atomic E-state index is 12.1. The molecular weight excluding hydrogens is 274 g/mol. The van der Waals surface area contributed by atoms with Crippen molar-refractivity contribution >= 4 is 20.9 Å². The minimum Gasteiger partial charge on any atom is -0.361 e. The van der Waals surface area contributed by atoms with Crippen molar-refractivity contribution < 1.29 is 26.2 Å². The maximum Gasteiger partial charge on any atom is 0.215 e. The van der Waals surface area contributed by atoms with Gasteiger partial charge in [-0.25, -0.2) is 13.1 Å². The van der Waals surface area contributed by atoms with Crippen LogP contribution < -0.4 is 4.72 Å². The van der Waals surface area contributed by atoms with Gasteiger partial charge < -0.3 is 9.88 Å². The lowest BCUT2D eigenvalue weighted by Gasteiger charge is -2.08. The summed E-state index contributed by atoms with van der Waals surface area (Å²) in [5.41, 5.74) is -0.201. The Hall–Kier alpha value is -1.37. The monoisotopic (exact) mass is 308 g/mol. The van der Waals surface area contributed by atoms with Crippen molar-refractivity contribution in [1.82, 2.24) is 14.6 Å². The van der Waals surface area contributed by atoms with Gasteiger partial charge in [-0.3, -0.25) is 0 Å². The Labute approximate surface area is 138 Å². The van der Waals surface area contributed by atoms with Crippen molar-refractivity contribution in [3.05, 3.63) is 35.5 Å². The van der Waals surface area contributed by atoms with Crippen LogP contribution in [0.25, 0.3) is 10.9 Å².